The van der Waals surface area contributed by atoms with Crippen molar-refractivity contribution in [3.8, 4) is 10.4 Å². The molecule has 3 heterocycles. The van der Waals surface area contributed by atoms with Crippen LogP contribution in [0.5, 0.6) is 0 Å². The van der Waals surface area contributed by atoms with Crippen molar-refractivity contribution in [3.05, 3.63) is 100 Å². The van der Waals surface area contributed by atoms with Gasteiger partial charge in [-0.05, 0) is 59.8 Å². The second kappa shape index (κ2) is 9.26. The van der Waals surface area contributed by atoms with E-state index in [-0.39, 0.29) is 10.6 Å². The average molecular weight is 523 g/mol. The maximum Gasteiger partial charge on any atom is 0.283 e. The normalized spacial score (nSPS) is 11.6. The van der Waals surface area contributed by atoms with Crippen molar-refractivity contribution >= 4 is 50.0 Å². The number of aromatic nitrogens is 3. The average Bonchev–Trinajstić information content (AvgIpc) is 3.49. The zero-order chi connectivity index (χ0) is 24.6. The molecule has 0 bridgehead atoms. The van der Waals surface area contributed by atoms with Crippen LogP contribution in [0.3, 0.4) is 0 Å². The number of pyridine rings is 1. The first kappa shape index (κ1) is 23.2. The Kier molecular flexibility index (Phi) is 6.14. The van der Waals surface area contributed by atoms with Crippen molar-refractivity contribution in [1.29, 1.82) is 0 Å². The minimum Gasteiger partial charge on any atom is -0.308 e. The first-order chi connectivity index (χ1) is 16.8. The van der Waals surface area contributed by atoms with Gasteiger partial charge in [0.1, 0.15) is 17.0 Å². The van der Waals surface area contributed by atoms with Gasteiger partial charge in [0, 0.05) is 9.90 Å². The Bertz CT molecular complexity index is 1650. The lowest BCUT2D eigenvalue weighted by Gasteiger charge is -2.10. The van der Waals surface area contributed by atoms with Gasteiger partial charge in [-0.15, -0.1) is 11.3 Å². The Labute approximate surface area is 211 Å². The van der Waals surface area contributed by atoms with Crippen LogP contribution in [0.1, 0.15) is 21.9 Å². The molecule has 0 unspecified atom stereocenters. The predicted molar refractivity (Wildman–Crippen MR) is 137 cm³/mol. The topological polar surface area (TPSA) is 93.9 Å². The van der Waals surface area contributed by atoms with Crippen molar-refractivity contribution in [1.82, 2.24) is 19.3 Å². The summed E-state index contributed by atoms with van der Waals surface area (Å²) in [5.74, 6) is -0.125. The number of rotatable bonds is 6. The molecule has 0 radical (unpaired) electrons. The van der Waals surface area contributed by atoms with E-state index < -0.39 is 15.9 Å². The molecule has 0 aliphatic carbocycles. The number of amides is 1. The third kappa shape index (κ3) is 4.70. The fourth-order valence-electron chi connectivity index (χ4n) is 3.71. The van der Waals surface area contributed by atoms with Gasteiger partial charge in [0.15, 0.2) is 5.65 Å². The Balaban J connectivity index is 1.45. The van der Waals surface area contributed by atoms with Gasteiger partial charge in [-0.3, -0.25) is 4.79 Å². The number of thiophene rings is 1. The highest BCUT2D eigenvalue weighted by Crippen LogP contribution is 2.30. The number of fused-ring (bicyclic) bond motifs is 1. The molecule has 7 nitrogen and oxygen atoms in total. The molecule has 176 valence electrons. The van der Waals surface area contributed by atoms with Crippen LogP contribution in [0.15, 0.2) is 83.1 Å². The number of sulfonamides is 1. The Morgan fingerprint density at radius 1 is 1.03 bits per heavy atom. The van der Waals surface area contributed by atoms with Gasteiger partial charge in [-0.2, -0.15) is 0 Å². The minimum absolute atomic E-state index is 0.00375. The first-order valence-electron chi connectivity index (χ1n) is 10.6. The summed E-state index contributed by atoms with van der Waals surface area (Å²) in [4.78, 5) is 22.9. The third-order valence-electron chi connectivity index (χ3n) is 5.48. The quantitative estimate of drug-likeness (QED) is 0.327. The second-order valence-corrected chi connectivity index (χ2v) is 10.9. The van der Waals surface area contributed by atoms with Gasteiger partial charge in [-0.1, -0.05) is 48.0 Å². The number of halogens is 1. The summed E-state index contributed by atoms with van der Waals surface area (Å²) >= 11 is 8.24. The standard InChI is InChI=1S/C25H19ClN4O3S2/c1-16-27-21-11-12-22(25(31)29-35(32,33)19-6-3-2-4-7-19)28-24(21)30(16)15-18-10-9-17(14-20(18)26)23-8-5-13-34-23/h2-14H,15H2,1H3,(H,29,31). The number of benzene rings is 2. The monoisotopic (exact) mass is 522 g/mol. The molecule has 5 rings (SSSR count). The SMILES string of the molecule is Cc1nc2ccc(C(=O)NS(=O)(=O)c3ccccc3)nc2n1Cc1ccc(-c2cccs2)cc1Cl. The molecule has 0 atom stereocenters. The third-order valence-corrected chi connectivity index (χ3v) is 8.10. The molecule has 35 heavy (non-hydrogen) atoms. The molecule has 0 fully saturated rings. The largest absolute Gasteiger partial charge is 0.308 e. The smallest absolute Gasteiger partial charge is 0.283 e. The van der Waals surface area contributed by atoms with E-state index in [2.05, 4.69) is 14.7 Å². The van der Waals surface area contributed by atoms with Gasteiger partial charge >= 0.3 is 0 Å². The maximum atomic E-state index is 12.8. The van der Waals surface area contributed by atoms with Crippen LogP contribution in [0.4, 0.5) is 0 Å². The summed E-state index contributed by atoms with van der Waals surface area (Å²) in [6.45, 7) is 2.24. The molecule has 1 N–H and O–H groups in total. The van der Waals surface area contributed by atoms with E-state index in [1.54, 1.807) is 35.6 Å². The summed E-state index contributed by atoms with van der Waals surface area (Å²) in [5, 5.41) is 2.63. The van der Waals surface area contributed by atoms with Crippen molar-refractivity contribution < 1.29 is 13.2 Å². The summed E-state index contributed by atoms with van der Waals surface area (Å²) < 4.78 is 29.0. The van der Waals surface area contributed by atoms with E-state index in [1.165, 1.54) is 18.2 Å². The number of imidazole rings is 1. The van der Waals surface area contributed by atoms with Crippen molar-refractivity contribution in [2.75, 3.05) is 0 Å². The van der Waals surface area contributed by atoms with E-state index in [4.69, 9.17) is 11.6 Å². The molecular formula is C25H19ClN4O3S2. The van der Waals surface area contributed by atoms with E-state index >= 15 is 0 Å². The number of hydrogen-bond acceptors (Lipinski definition) is 6. The molecule has 2 aromatic carbocycles. The molecule has 10 heteroatoms. The van der Waals surface area contributed by atoms with Gasteiger partial charge in [0.2, 0.25) is 0 Å². The molecule has 1 amide bonds. The Morgan fingerprint density at radius 2 is 1.83 bits per heavy atom. The van der Waals surface area contributed by atoms with Gasteiger partial charge in [-0.25, -0.2) is 23.1 Å². The molecular weight excluding hydrogens is 504 g/mol. The number of carbonyl (C=O) groups excluding carboxylic acids is 1. The van der Waals surface area contributed by atoms with Crippen LogP contribution >= 0.6 is 22.9 Å². The van der Waals surface area contributed by atoms with Crippen LogP contribution in [0.25, 0.3) is 21.6 Å². The highest BCUT2D eigenvalue weighted by molar-refractivity contribution is 7.90. The number of nitrogens with one attached hydrogen (secondary N) is 1. The van der Waals surface area contributed by atoms with Crippen LogP contribution in [0, 0.1) is 6.92 Å². The zero-order valence-electron chi connectivity index (χ0n) is 18.5. The van der Waals surface area contributed by atoms with Crippen LogP contribution in [-0.2, 0) is 16.6 Å². The lowest BCUT2D eigenvalue weighted by molar-refractivity contribution is 0.0977. The number of hydrogen-bond donors (Lipinski definition) is 1. The summed E-state index contributed by atoms with van der Waals surface area (Å²) in [7, 11) is -4.02. The predicted octanol–water partition coefficient (Wildman–Crippen LogP) is 5.29. The fourth-order valence-corrected chi connectivity index (χ4v) is 5.65. The Morgan fingerprint density at radius 3 is 2.54 bits per heavy atom. The zero-order valence-corrected chi connectivity index (χ0v) is 20.9. The molecule has 0 saturated carbocycles. The van der Waals surface area contributed by atoms with Crippen LogP contribution in [-0.4, -0.2) is 28.9 Å². The first-order valence-corrected chi connectivity index (χ1v) is 13.3. The fraction of sp³-hybridized carbons (Fsp3) is 0.0800. The number of nitrogens with zero attached hydrogens (tertiary/aromatic N) is 3. The molecule has 5 aromatic rings. The van der Waals surface area contributed by atoms with Crippen molar-refractivity contribution in [3.63, 3.8) is 0 Å². The van der Waals surface area contributed by atoms with E-state index in [0.29, 0.717) is 28.6 Å². The van der Waals surface area contributed by atoms with Gasteiger partial charge in [0.25, 0.3) is 15.9 Å². The summed E-state index contributed by atoms with van der Waals surface area (Å²) in [6.07, 6.45) is 0. The van der Waals surface area contributed by atoms with Crippen molar-refractivity contribution in [2.24, 2.45) is 0 Å². The van der Waals surface area contributed by atoms with Gasteiger partial charge < -0.3 is 4.57 Å². The second-order valence-electron chi connectivity index (χ2n) is 7.82. The number of carbonyl (C=O) groups is 1. The molecule has 0 spiro atoms. The molecule has 0 aliphatic heterocycles. The van der Waals surface area contributed by atoms with Gasteiger partial charge in [0.05, 0.1) is 11.4 Å². The van der Waals surface area contributed by atoms with E-state index in [9.17, 15) is 13.2 Å². The van der Waals surface area contributed by atoms with E-state index in [0.717, 1.165) is 16.0 Å². The lowest BCUT2D eigenvalue weighted by atomic mass is 10.1. The highest BCUT2D eigenvalue weighted by atomic mass is 35.5. The summed E-state index contributed by atoms with van der Waals surface area (Å²) in [6, 6.07) is 20.7. The molecule has 0 aliphatic rings. The number of aryl methyl sites for hydroxylation is 1. The Hall–Kier alpha value is -3.53. The van der Waals surface area contributed by atoms with Crippen LogP contribution in [0.2, 0.25) is 5.02 Å². The summed E-state index contributed by atoms with van der Waals surface area (Å²) in [5.41, 5.74) is 2.94. The highest BCUT2D eigenvalue weighted by Gasteiger charge is 2.21. The van der Waals surface area contributed by atoms with E-state index in [1.807, 2.05) is 47.2 Å². The van der Waals surface area contributed by atoms with Crippen LogP contribution < -0.4 is 4.72 Å². The van der Waals surface area contributed by atoms with Crippen molar-refractivity contribution in [2.45, 2.75) is 18.4 Å². The lowest BCUT2D eigenvalue weighted by Crippen LogP contribution is -2.31. The molecule has 0 saturated heterocycles. The maximum absolute atomic E-state index is 12.8. The molecule has 3 aromatic heterocycles. The minimum atomic E-state index is -4.02.